The first kappa shape index (κ1) is 17.0. The molecule has 2 N–H and O–H groups in total. The molecule has 1 amide bonds. The fraction of sp³-hybridized carbons (Fsp3) is 0.389. The molecule has 2 aromatic rings. The highest BCUT2D eigenvalue weighted by Crippen LogP contribution is 2.34. The minimum absolute atomic E-state index is 0.306. The summed E-state index contributed by atoms with van der Waals surface area (Å²) in [5.41, 5.74) is 2.60. The Kier molecular flexibility index (Phi) is 4.74. The average Bonchev–Trinajstić information content (AvgIpc) is 2.57. The van der Waals surface area contributed by atoms with Crippen LogP contribution in [0.1, 0.15) is 29.5 Å². The molecule has 1 heterocycles. The number of carboxylic acids is 1. The molecule has 132 valence electrons. The normalized spacial score (nSPS) is 13.3. The average molecular weight is 345 g/mol. The quantitative estimate of drug-likeness (QED) is 0.797. The van der Waals surface area contributed by atoms with Gasteiger partial charge in [0.2, 0.25) is 0 Å². The van der Waals surface area contributed by atoms with E-state index in [1.54, 1.807) is 12.1 Å². The van der Waals surface area contributed by atoms with Gasteiger partial charge in [0.1, 0.15) is 17.9 Å². The second kappa shape index (κ2) is 6.96. The van der Waals surface area contributed by atoms with Crippen LogP contribution < -0.4 is 15.7 Å². The van der Waals surface area contributed by atoms with Crippen molar-refractivity contribution < 1.29 is 23.8 Å². The van der Waals surface area contributed by atoms with E-state index in [-0.39, 0.29) is 12.2 Å². The molecule has 0 spiro atoms. The predicted octanol–water partition coefficient (Wildman–Crippen LogP) is 1.56. The van der Waals surface area contributed by atoms with Crippen LogP contribution in [0.4, 0.5) is 0 Å². The molecule has 1 aliphatic rings. The number of fused-ring (bicyclic) bond motifs is 3. The number of aliphatic carboxylic acids is 1. The minimum Gasteiger partial charge on any atom is -0.483 e. The number of carboxylic acid groups (broad SMARTS) is 1. The first-order chi connectivity index (χ1) is 12.0. The highest BCUT2D eigenvalue weighted by atomic mass is 16.5. The van der Waals surface area contributed by atoms with Crippen LogP contribution in [0.5, 0.6) is 5.75 Å². The summed E-state index contributed by atoms with van der Waals surface area (Å²) in [4.78, 5) is 34.4. The molecule has 1 aromatic heterocycles. The van der Waals surface area contributed by atoms with E-state index >= 15 is 0 Å². The third kappa shape index (κ3) is 3.65. The number of carbonyl (C=O) groups is 2. The third-order valence-electron chi connectivity index (χ3n) is 4.22. The highest BCUT2D eigenvalue weighted by Gasteiger charge is 2.21. The van der Waals surface area contributed by atoms with Crippen molar-refractivity contribution in [2.45, 2.75) is 32.6 Å². The van der Waals surface area contributed by atoms with Gasteiger partial charge >= 0.3 is 11.6 Å². The third-order valence-corrected chi connectivity index (χ3v) is 4.22. The molecule has 7 nitrogen and oxygen atoms in total. The molecule has 0 radical (unpaired) electrons. The van der Waals surface area contributed by atoms with E-state index in [1.165, 1.54) is 0 Å². The van der Waals surface area contributed by atoms with Gasteiger partial charge in [0.05, 0.1) is 5.39 Å². The molecule has 0 atom stereocenters. The largest absolute Gasteiger partial charge is 0.483 e. The topological polar surface area (TPSA) is 106 Å². The predicted molar refractivity (Wildman–Crippen MR) is 90.0 cm³/mol. The lowest BCUT2D eigenvalue weighted by atomic mass is 9.90. The van der Waals surface area contributed by atoms with E-state index in [2.05, 4.69) is 5.32 Å². The van der Waals surface area contributed by atoms with Crippen LogP contribution in [0.3, 0.4) is 0 Å². The lowest BCUT2D eigenvalue weighted by molar-refractivity contribution is -0.138. The number of rotatable bonds is 5. The Bertz CT molecular complexity index is 899. The van der Waals surface area contributed by atoms with Crippen LogP contribution in [0, 0.1) is 6.92 Å². The monoisotopic (exact) mass is 345 g/mol. The molecule has 1 aromatic carbocycles. The van der Waals surface area contributed by atoms with Gasteiger partial charge in [-0.15, -0.1) is 0 Å². The number of aryl methyl sites for hydroxylation is 2. The molecule has 3 rings (SSSR count). The van der Waals surface area contributed by atoms with Crippen molar-refractivity contribution in [1.82, 2.24) is 5.32 Å². The number of hydrogen-bond donors (Lipinski definition) is 2. The molecule has 0 saturated heterocycles. The first-order valence-corrected chi connectivity index (χ1v) is 8.16. The molecule has 0 saturated carbocycles. The molecule has 0 aliphatic heterocycles. The number of hydrogen-bond acceptors (Lipinski definition) is 5. The van der Waals surface area contributed by atoms with E-state index in [1.807, 2.05) is 6.92 Å². The molecule has 25 heavy (non-hydrogen) atoms. The van der Waals surface area contributed by atoms with Crippen molar-refractivity contribution >= 4 is 22.8 Å². The summed E-state index contributed by atoms with van der Waals surface area (Å²) >= 11 is 0. The summed E-state index contributed by atoms with van der Waals surface area (Å²) in [7, 11) is 0. The van der Waals surface area contributed by atoms with Crippen molar-refractivity contribution in [1.29, 1.82) is 0 Å². The molecular formula is C18H19NO6. The zero-order valence-electron chi connectivity index (χ0n) is 13.9. The summed E-state index contributed by atoms with van der Waals surface area (Å²) in [5.74, 6) is -1.17. The van der Waals surface area contributed by atoms with Gasteiger partial charge in [0.25, 0.3) is 5.91 Å². The number of carbonyl (C=O) groups excluding carboxylic acids is 1. The maximum absolute atomic E-state index is 12.2. The smallest absolute Gasteiger partial charge is 0.339 e. The maximum Gasteiger partial charge on any atom is 0.339 e. The lowest BCUT2D eigenvalue weighted by Gasteiger charge is -2.18. The second-order valence-electron chi connectivity index (χ2n) is 6.15. The van der Waals surface area contributed by atoms with Crippen molar-refractivity contribution in [3.63, 3.8) is 0 Å². The molecule has 7 heteroatoms. The van der Waals surface area contributed by atoms with Gasteiger partial charge in [-0.1, -0.05) is 0 Å². The van der Waals surface area contributed by atoms with Gasteiger partial charge in [-0.2, -0.15) is 0 Å². The van der Waals surface area contributed by atoms with Gasteiger partial charge in [-0.3, -0.25) is 9.59 Å². The van der Waals surface area contributed by atoms with Gasteiger partial charge < -0.3 is 19.6 Å². The number of amides is 1. The molecule has 0 fully saturated rings. The van der Waals surface area contributed by atoms with E-state index in [0.29, 0.717) is 23.3 Å². The Morgan fingerprint density at radius 3 is 2.68 bits per heavy atom. The number of ether oxygens (including phenoxy) is 1. The molecule has 1 aliphatic carbocycles. The minimum atomic E-state index is -1.12. The van der Waals surface area contributed by atoms with E-state index in [9.17, 15) is 14.4 Å². The van der Waals surface area contributed by atoms with E-state index in [0.717, 1.165) is 35.8 Å². The van der Waals surface area contributed by atoms with Crippen LogP contribution in [0.2, 0.25) is 0 Å². The van der Waals surface area contributed by atoms with Crippen LogP contribution in [0.25, 0.3) is 11.0 Å². The van der Waals surface area contributed by atoms with Crippen LogP contribution >= 0.6 is 0 Å². The zero-order chi connectivity index (χ0) is 18.0. The zero-order valence-corrected chi connectivity index (χ0v) is 13.9. The van der Waals surface area contributed by atoms with Gasteiger partial charge in [-0.25, -0.2) is 4.79 Å². The van der Waals surface area contributed by atoms with E-state index in [4.69, 9.17) is 14.3 Å². The fourth-order valence-electron chi connectivity index (χ4n) is 3.15. The molecule has 0 bridgehead atoms. The van der Waals surface area contributed by atoms with Crippen molar-refractivity contribution in [3.05, 3.63) is 39.2 Å². The van der Waals surface area contributed by atoms with Crippen molar-refractivity contribution in [3.8, 4) is 5.75 Å². The van der Waals surface area contributed by atoms with Gasteiger partial charge in [-0.05, 0) is 55.9 Å². The van der Waals surface area contributed by atoms with Crippen LogP contribution in [-0.2, 0) is 22.4 Å². The van der Waals surface area contributed by atoms with Crippen LogP contribution in [0.15, 0.2) is 21.3 Å². The Hall–Kier alpha value is -2.83. The summed E-state index contributed by atoms with van der Waals surface area (Å²) in [6.45, 7) is 1.08. The van der Waals surface area contributed by atoms with Gasteiger partial charge in [0.15, 0.2) is 6.61 Å². The number of nitrogens with one attached hydrogen (secondary N) is 1. The standard InChI is InChI=1S/C18H19NO6/c1-10-6-13(24-9-15(20)19-8-16(21)22)17-11-4-2-3-5-12(11)18(23)25-14(17)7-10/h6-7H,2-5,8-9H2,1H3,(H,19,20)(H,21,22). The van der Waals surface area contributed by atoms with E-state index < -0.39 is 18.4 Å². The Morgan fingerprint density at radius 2 is 1.96 bits per heavy atom. The highest BCUT2D eigenvalue weighted by molar-refractivity contribution is 5.89. The van der Waals surface area contributed by atoms with Crippen LogP contribution in [-0.4, -0.2) is 30.1 Å². The lowest BCUT2D eigenvalue weighted by Crippen LogP contribution is -2.33. The van der Waals surface area contributed by atoms with Crippen molar-refractivity contribution in [2.24, 2.45) is 0 Å². The summed E-state index contributed by atoms with van der Waals surface area (Å²) < 4.78 is 11.1. The summed E-state index contributed by atoms with van der Waals surface area (Å²) in [5, 5.41) is 11.6. The van der Waals surface area contributed by atoms with Gasteiger partial charge in [0, 0.05) is 5.56 Å². The Morgan fingerprint density at radius 1 is 1.24 bits per heavy atom. The molecule has 0 unspecified atom stereocenters. The maximum atomic E-state index is 12.2. The first-order valence-electron chi connectivity index (χ1n) is 8.16. The second-order valence-corrected chi connectivity index (χ2v) is 6.15. The Labute approximate surface area is 143 Å². The summed E-state index contributed by atoms with van der Waals surface area (Å²) in [6.07, 6.45) is 3.38. The fourth-order valence-corrected chi connectivity index (χ4v) is 3.15. The van der Waals surface area contributed by atoms with Crippen molar-refractivity contribution in [2.75, 3.05) is 13.2 Å². The SMILES string of the molecule is Cc1cc(OCC(=O)NCC(=O)O)c2c3c(c(=O)oc2c1)CCCC3. The Balaban J connectivity index is 1.95. The number of benzene rings is 1. The molecular weight excluding hydrogens is 326 g/mol. The summed E-state index contributed by atoms with van der Waals surface area (Å²) in [6, 6.07) is 3.57.